The molecule has 2 aromatic heterocycles. The van der Waals surface area contributed by atoms with Gasteiger partial charge in [-0.2, -0.15) is 0 Å². The van der Waals surface area contributed by atoms with E-state index < -0.39 is 0 Å². The minimum Gasteiger partial charge on any atom is -0.474 e. The van der Waals surface area contributed by atoms with Crippen molar-refractivity contribution >= 4 is 16.9 Å². The van der Waals surface area contributed by atoms with Gasteiger partial charge in [0.05, 0.1) is 17.0 Å². The van der Waals surface area contributed by atoms with E-state index in [2.05, 4.69) is 22.5 Å². The largest absolute Gasteiger partial charge is 0.474 e. The molecule has 7 heteroatoms. The normalized spacial score (nSPS) is 23.2. The Bertz CT molecular complexity index is 801. The summed E-state index contributed by atoms with van der Waals surface area (Å²) in [7, 11) is 0. The van der Waals surface area contributed by atoms with Crippen molar-refractivity contribution in [2.45, 2.75) is 76.4 Å². The molecule has 1 aliphatic carbocycles. The maximum absolute atomic E-state index is 9.90. The van der Waals surface area contributed by atoms with E-state index in [4.69, 9.17) is 14.7 Å². The van der Waals surface area contributed by atoms with Crippen LogP contribution in [-0.2, 0) is 0 Å². The number of aromatic nitrogens is 3. The quantitative estimate of drug-likeness (QED) is 0.615. The molecule has 1 aliphatic heterocycles. The van der Waals surface area contributed by atoms with E-state index in [0.717, 1.165) is 87.5 Å². The minimum absolute atomic E-state index is 0.172. The maximum atomic E-state index is 9.90. The fourth-order valence-corrected chi connectivity index (χ4v) is 4.33. The number of ether oxygens (including phenoxy) is 1. The van der Waals surface area contributed by atoms with Gasteiger partial charge >= 0.3 is 0 Å². The van der Waals surface area contributed by atoms with Crippen LogP contribution in [0.4, 0.5) is 5.95 Å². The number of anilines is 1. The van der Waals surface area contributed by atoms with Gasteiger partial charge < -0.3 is 20.5 Å². The molecule has 1 saturated carbocycles. The molecule has 158 valence electrons. The molecule has 2 fully saturated rings. The Kier molecular flexibility index (Phi) is 6.77. The number of aliphatic hydroxyl groups is 1. The van der Waals surface area contributed by atoms with Crippen molar-refractivity contribution in [1.82, 2.24) is 20.3 Å². The number of piperidine rings is 1. The van der Waals surface area contributed by atoms with Gasteiger partial charge in [0.25, 0.3) is 0 Å². The zero-order valence-corrected chi connectivity index (χ0v) is 17.4. The Morgan fingerprint density at radius 3 is 2.66 bits per heavy atom. The molecule has 0 amide bonds. The number of nitrogens with zero attached hydrogens (tertiary/aromatic N) is 3. The number of hydrogen-bond acceptors (Lipinski definition) is 7. The number of hydrogen-bond donors (Lipinski definition) is 3. The summed E-state index contributed by atoms with van der Waals surface area (Å²) in [5.41, 5.74) is 2.10. The molecular weight excluding hydrogens is 366 g/mol. The molecule has 2 aromatic rings. The number of unbranched alkanes of at least 4 members (excludes halogenated alkanes) is 1. The highest BCUT2D eigenvalue weighted by Crippen LogP contribution is 2.38. The molecule has 0 atom stereocenters. The van der Waals surface area contributed by atoms with Crippen LogP contribution in [-0.4, -0.2) is 51.9 Å². The van der Waals surface area contributed by atoms with E-state index in [1.165, 1.54) is 0 Å². The predicted molar refractivity (Wildman–Crippen MR) is 114 cm³/mol. The second kappa shape index (κ2) is 9.67. The molecular formula is C22H33N5O2. The third-order valence-electron chi connectivity index (χ3n) is 6.13. The SMILES string of the molecule is CCCCNc1ncc2c(OC3CCNCC3)ncc([C@H]3CC[C@H](O)CC3)c2n1. The van der Waals surface area contributed by atoms with E-state index in [1.54, 1.807) is 0 Å². The molecule has 2 aliphatic rings. The van der Waals surface area contributed by atoms with Crippen LogP contribution < -0.4 is 15.4 Å². The summed E-state index contributed by atoms with van der Waals surface area (Å²) in [6.07, 6.45) is 11.6. The van der Waals surface area contributed by atoms with Gasteiger partial charge in [-0.3, -0.25) is 0 Å². The van der Waals surface area contributed by atoms with Gasteiger partial charge in [-0.25, -0.2) is 15.0 Å². The minimum atomic E-state index is -0.172. The zero-order valence-electron chi connectivity index (χ0n) is 17.4. The molecule has 0 bridgehead atoms. The second-order valence-electron chi connectivity index (χ2n) is 8.33. The molecule has 1 saturated heterocycles. The van der Waals surface area contributed by atoms with Gasteiger partial charge in [-0.05, 0) is 64.0 Å². The van der Waals surface area contributed by atoms with Crippen LogP contribution in [0.1, 0.15) is 69.8 Å². The number of rotatable bonds is 7. The molecule has 3 heterocycles. The number of aliphatic hydroxyl groups excluding tert-OH is 1. The fraction of sp³-hybridized carbons (Fsp3) is 0.682. The lowest BCUT2D eigenvalue weighted by Gasteiger charge is -2.27. The van der Waals surface area contributed by atoms with Crippen molar-refractivity contribution < 1.29 is 9.84 Å². The van der Waals surface area contributed by atoms with Crippen molar-refractivity contribution in [2.75, 3.05) is 25.0 Å². The topological polar surface area (TPSA) is 92.2 Å². The third-order valence-corrected chi connectivity index (χ3v) is 6.13. The fourth-order valence-electron chi connectivity index (χ4n) is 4.33. The number of fused-ring (bicyclic) bond motifs is 1. The van der Waals surface area contributed by atoms with E-state index in [1.807, 2.05) is 12.4 Å². The first-order valence-electron chi connectivity index (χ1n) is 11.2. The van der Waals surface area contributed by atoms with Crippen molar-refractivity contribution in [3.8, 4) is 5.88 Å². The third kappa shape index (κ3) is 4.95. The Hall–Kier alpha value is -1.99. The van der Waals surface area contributed by atoms with Gasteiger partial charge in [0.1, 0.15) is 6.10 Å². The average molecular weight is 400 g/mol. The van der Waals surface area contributed by atoms with Gasteiger partial charge in [-0.15, -0.1) is 0 Å². The van der Waals surface area contributed by atoms with Crippen LogP contribution in [0.2, 0.25) is 0 Å². The molecule has 3 N–H and O–H groups in total. The lowest BCUT2D eigenvalue weighted by molar-refractivity contribution is 0.122. The van der Waals surface area contributed by atoms with Crippen molar-refractivity contribution in [1.29, 1.82) is 0 Å². The summed E-state index contributed by atoms with van der Waals surface area (Å²) in [6, 6.07) is 0. The van der Waals surface area contributed by atoms with Gasteiger partial charge in [-0.1, -0.05) is 13.3 Å². The molecule has 4 rings (SSSR count). The lowest BCUT2D eigenvalue weighted by Crippen LogP contribution is -2.34. The highest BCUT2D eigenvalue weighted by atomic mass is 16.5. The highest BCUT2D eigenvalue weighted by Gasteiger charge is 2.25. The van der Waals surface area contributed by atoms with E-state index in [-0.39, 0.29) is 12.2 Å². The second-order valence-corrected chi connectivity index (χ2v) is 8.33. The van der Waals surface area contributed by atoms with Crippen molar-refractivity contribution in [3.63, 3.8) is 0 Å². The molecule has 0 aromatic carbocycles. The van der Waals surface area contributed by atoms with E-state index in [9.17, 15) is 5.11 Å². The van der Waals surface area contributed by atoms with E-state index in [0.29, 0.717) is 17.7 Å². The number of pyridine rings is 1. The molecule has 0 radical (unpaired) electrons. The Labute approximate surface area is 172 Å². The Morgan fingerprint density at radius 1 is 1.10 bits per heavy atom. The first-order valence-corrected chi connectivity index (χ1v) is 11.2. The molecule has 29 heavy (non-hydrogen) atoms. The summed E-state index contributed by atoms with van der Waals surface area (Å²) < 4.78 is 6.27. The van der Waals surface area contributed by atoms with Crippen LogP contribution in [0.15, 0.2) is 12.4 Å². The molecule has 0 unspecified atom stereocenters. The first-order chi connectivity index (χ1) is 14.2. The average Bonchev–Trinajstić information content (AvgIpc) is 2.75. The van der Waals surface area contributed by atoms with Crippen LogP contribution in [0.25, 0.3) is 10.9 Å². The maximum Gasteiger partial charge on any atom is 0.224 e. The van der Waals surface area contributed by atoms with Crippen LogP contribution >= 0.6 is 0 Å². The zero-order chi connectivity index (χ0) is 20.1. The number of nitrogens with one attached hydrogen (secondary N) is 2. The smallest absolute Gasteiger partial charge is 0.224 e. The molecule has 0 spiro atoms. The summed E-state index contributed by atoms with van der Waals surface area (Å²) in [4.78, 5) is 14.1. The highest BCUT2D eigenvalue weighted by molar-refractivity contribution is 5.86. The first kappa shape index (κ1) is 20.3. The summed E-state index contributed by atoms with van der Waals surface area (Å²) >= 11 is 0. The van der Waals surface area contributed by atoms with Crippen LogP contribution in [0.5, 0.6) is 5.88 Å². The summed E-state index contributed by atoms with van der Waals surface area (Å²) in [5.74, 6) is 1.69. The standard InChI is InChI=1S/C22H33N5O2/c1-2-3-10-24-22-26-14-19-20(27-22)18(15-4-6-16(28)7-5-15)13-25-21(19)29-17-8-11-23-12-9-17/h13-17,23,28H,2-12H2,1H3,(H,24,26,27)/t15-,16-. The summed E-state index contributed by atoms with van der Waals surface area (Å²) in [5, 5.41) is 17.5. The predicted octanol–water partition coefficient (Wildman–Crippen LogP) is 3.39. The Morgan fingerprint density at radius 2 is 1.90 bits per heavy atom. The Balaban J connectivity index is 1.65. The monoisotopic (exact) mass is 399 g/mol. The van der Waals surface area contributed by atoms with Crippen molar-refractivity contribution in [3.05, 3.63) is 18.0 Å². The van der Waals surface area contributed by atoms with Crippen LogP contribution in [0.3, 0.4) is 0 Å². The summed E-state index contributed by atoms with van der Waals surface area (Å²) in [6.45, 7) is 5.01. The van der Waals surface area contributed by atoms with Crippen molar-refractivity contribution in [2.24, 2.45) is 0 Å². The van der Waals surface area contributed by atoms with E-state index >= 15 is 0 Å². The van der Waals surface area contributed by atoms with Gasteiger partial charge in [0.2, 0.25) is 11.8 Å². The molecule has 7 nitrogen and oxygen atoms in total. The lowest BCUT2D eigenvalue weighted by atomic mass is 9.83. The van der Waals surface area contributed by atoms with Gasteiger partial charge in [0.15, 0.2) is 0 Å². The van der Waals surface area contributed by atoms with Gasteiger partial charge in [0, 0.05) is 24.5 Å². The van der Waals surface area contributed by atoms with Crippen LogP contribution in [0, 0.1) is 0 Å².